The Hall–Kier alpha value is -0.375. The van der Waals surface area contributed by atoms with E-state index in [9.17, 15) is 0 Å². The van der Waals surface area contributed by atoms with E-state index in [4.69, 9.17) is 7.85 Å². The molecule has 0 aromatic carbocycles. The van der Waals surface area contributed by atoms with E-state index in [0.717, 1.165) is 22.9 Å². The van der Waals surface area contributed by atoms with E-state index in [1.54, 1.807) is 11.3 Å². The molecule has 0 spiro atoms. The van der Waals surface area contributed by atoms with Crippen molar-refractivity contribution in [2.75, 3.05) is 0 Å². The maximum Gasteiger partial charge on any atom is 0.114 e. The zero-order valence-electron chi connectivity index (χ0n) is 10.7. The Labute approximate surface area is 110 Å². The van der Waals surface area contributed by atoms with Gasteiger partial charge in [0, 0.05) is 0 Å². The summed E-state index contributed by atoms with van der Waals surface area (Å²) in [5.41, 5.74) is 0. The van der Waals surface area contributed by atoms with Gasteiger partial charge in [-0.2, -0.15) is 0 Å². The van der Waals surface area contributed by atoms with Crippen molar-refractivity contribution in [3.8, 4) is 0 Å². The van der Waals surface area contributed by atoms with Gasteiger partial charge in [0.25, 0.3) is 0 Å². The summed E-state index contributed by atoms with van der Waals surface area (Å²) in [6, 6.07) is 0. The Morgan fingerprint density at radius 1 is 0.941 bits per heavy atom. The first-order chi connectivity index (χ1) is 8.21. The molecule has 0 saturated heterocycles. The fourth-order valence-electron chi connectivity index (χ4n) is 2.60. The molecule has 2 nitrogen and oxygen atoms in total. The molecule has 2 rings (SSSR count). The minimum atomic E-state index is -0.205. The highest BCUT2D eigenvalue weighted by atomic mass is 32.1. The quantitative estimate of drug-likeness (QED) is 0.707. The number of aromatic nitrogens is 2. The smallest absolute Gasteiger partial charge is 0.114 e. The second-order valence-corrected chi connectivity index (χ2v) is 6.44. The maximum atomic E-state index is 6.59. The van der Waals surface area contributed by atoms with Crippen LogP contribution in [0.2, 0.25) is 0 Å². The topological polar surface area (TPSA) is 25.8 Å². The van der Waals surface area contributed by atoms with E-state index >= 15 is 0 Å². The van der Waals surface area contributed by atoms with Gasteiger partial charge in [-0.05, 0) is 25.1 Å². The third kappa shape index (κ3) is 3.54. The number of aryl methyl sites for hydroxylation is 1. The molecule has 92 valence electrons. The van der Waals surface area contributed by atoms with Crippen molar-refractivity contribution < 1.29 is 0 Å². The lowest BCUT2D eigenvalue weighted by atomic mass is 9.63. The number of rotatable bonds is 1. The molecule has 0 atom stereocenters. The predicted molar refractivity (Wildman–Crippen MR) is 73.6 cm³/mol. The summed E-state index contributed by atoms with van der Waals surface area (Å²) in [5, 5.41) is 10.3. The third-order valence-corrected chi connectivity index (χ3v) is 4.76. The Balaban J connectivity index is 2.07. The first-order valence-electron chi connectivity index (χ1n) is 6.80. The second-order valence-electron chi connectivity index (χ2n) is 5.26. The van der Waals surface area contributed by atoms with Crippen LogP contribution in [-0.2, 0) is 5.31 Å². The second kappa shape index (κ2) is 5.99. The van der Waals surface area contributed by atoms with Gasteiger partial charge in [-0.1, -0.05) is 44.9 Å². The van der Waals surface area contributed by atoms with Gasteiger partial charge in [-0.15, -0.1) is 21.5 Å². The Morgan fingerprint density at radius 3 is 1.94 bits per heavy atom. The molecular formula is C13H21BN2S. The van der Waals surface area contributed by atoms with Crippen molar-refractivity contribution in [1.82, 2.24) is 10.2 Å². The van der Waals surface area contributed by atoms with Gasteiger partial charge in [0.1, 0.15) is 10.0 Å². The van der Waals surface area contributed by atoms with E-state index in [1.807, 2.05) is 6.92 Å². The lowest BCUT2D eigenvalue weighted by Crippen LogP contribution is -2.27. The van der Waals surface area contributed by atoms with E-state index in [1.165, 1.54) is 44.9 Å². The van der Waals surface area contributed by atoms with Crippen LogP contribution in [0, 0.1) is 6.92 Å². The van der Waals surface area contributed by atoms with Crippen molar-refractivity contribution in [1.29, 1.82) is 0 Å². The molecule has 1 fully saturated rings. The van der Waals surface area contributed by atoms with Gasteiger partial charge in [0.15, 0.2) is 0 Å². The monoisotopic (exact) mass is 248 g/mol. The van der Waals surface area contributed by atoms with Crippen LogP contribution in [0.1, 0.15) is 67.8 Å². The van der Waals surface area contributed by atoms with Gasteiger partial charge in [0.2, 0.25) is 0 Å². The van der Waals surface area contributed by atoms with Crippen LogP contribution in [0.4, 0.5) is 0 Å². The molecule has 1 aliphatic rings. The van der Waals surface area contributed by atoms with Gasteiger partial charge < -0.3 is 0 Å². The predicted octanol–water partition coefficient (Wildman–Crippen LogP) is 3.73. The van der Waals surface area contributed by atoms with Crippen LogP contribution in [0.15, 0.2) is 0 Å². The van der Waals surface area contributed by atoms with Crippen molar-refractivity contribution in [3.63, 3.8) is 0 Å². The largest absolute Gasteiger partial charge is 0.144 e. The lowest BCUT2D eigenvalue weighted by molar-refractivity contribution is 0.422. The van der Waals surface area contributed by atoms with Crippen LogP contribution in [0.25, 0.3) is 0 Å². The highest BCUT2D eigenvalue weighted by Gasteiger charge is 2.29. The third-order valence-electron chi connectivity index (χ3n) is 3.70. The summed E-state index contributed by atoms with van der Waals surface area (Å²) in [6.45, 7) is 2.00. The number of hydrogen-bond donors (Lipinski definition) is 0. The van der Waals surface area contributed by atoms with E-state index < -0.39 is 0 Å². The molecule has 0 bridgehead atoms. The molecule has 0 aliphatic heterocycles. The van der Waals surface area contributed by atoms with Gasteiger partial charge in [0.05, 0.1) is 7.85 Å². The number of nitrogens with zero attached hydrogens (tertiary/aromatic N) is 2. The molecule has 0 N–H and O–H groups in total. The number of hydrogen-bond acceptors (Lipinski definition) is 3. The van der Waals surface area contributed by atoms with Crippen LogP contribution in [0.5, 0.6) is 0 Å². The summed E-state index contributed by atoms with van der Waals surface area (Å²) in [4.78, 5) is 0. The van der Waals surface area contributed by atoms with Gasteiger partial charge in [-0.3, -0.25) is 0 Å². The fourth-order valence-corrected chi connectivity index (χ4v) is 3.45. The summed E-state index contributed by atoms with van der Waals surface area (Å²) < 4.78 is 0. The highest BCUT2D eigenvalue weighted by molar-refractivity contribution is 7.11. The van der Waals surface area contributed by atoms with Gasteiger partial charge in [-0.25, -0.2) is 0 Å². The average Bonchev–Trinajstić information content (AvgIpc) is 2.75. The van der Waals surface area contributed by atoms with Crippen LogP contribution in [0.3, 0.4) is 0 Å². The average molecular weight is 248 g/mol. The van der Waals surface area contributed by atoms with Crippen molar-refractivity contribution in [2.24, 2.45) is 0 Å². The first-order valence-corrected chi connectivity index (χ1v) is 7.62. The van der Waals surface area contributed by atoms with Crippen molar-refractivity contribution in [3.05, 3.63) is 10.0 Å². The van der Waals surface area contributed by atoms with E-state index in [0.29, 0.717) is 0 Å². The maximum absolute atomic E-state index is 6.59. The van der Waals surface area contributed by atoms with E-state index in [2.05, 4.69) is 10.2 Å². The van der Waals surface area contributed by atoms with Crippen LogP contribution in [-0.4, -0.2) is 18.0 Å². The summed E-state index contributed by atoms with van der Waals surface area (Å²) in [7, 11) is 6.59. The zero-order valence-corrected chi connectivity index (χ0v) is 11.6. The van der Waals surface area contributed by atoms with Crippen LogP contribution < -0.4 is 0 Å². The Kier molecular flexibility index (Phi) is 4.60. The summed E-state index contributed by atoms with van der Waals surface area (Å²) >= 11 is 1.67. The molecule has 17 heavy (non-hydrogen) atoms. The molecule has 1 aromatic rings. The summed E-state index contributed by atoms with van der Waals surface area (Å²) in [5.74, 6) is 0. The summed E-state index contributed by atoms with van der Waals surface area (Å²) in [6.07, 6.45) is 11.4. The lowest BCUT2D eigenvalue weighted by Gasteiger charge is -2.28. The molecule has 1 aromatic heterocycles. The van der Waals surface area contributed by atoms with Crippen LogP contribution >= 0.6 is 11.3 Å². The molecule has 2 radical (unpaired) electrons. The van der Waals surface area contributed by atoms with Crippen molar-refractivity contribution in [2.45, 2.75) is 70.0 Å². The van der Waals surface area contributed by atoms with E-state index in [-0.39, 0.29) is 5.31 Å². The zero-order chi connectivity index (χ0) is 12.1. The van der Waals surface area contributed by atoms with Crippen molar-refractivity contribution >= 4 is 19.2 Å². The minimum absolute atomic E-state index is 0.205. The standard InChI is InChI=1S/C13H21BN2S/c1-11-15-16-12(17-11)13(14)9-7-5-3-2-4-6-8-10-13/h2-10H2,1H3. The fraction of sp³-hybridized carbons (Fsp3) is 0.846. The Bertz CT molecular complexity index is 341. The Morgan fingerprint density at radius 2 is 1.47 bits per heavy atom. The molecule has 1 heterocycles. The first kappa shape index (κ1) is 13.1. The normalized spacial score (nSPS) is 22.2. The molecule has 4 heteroatoms. The molecule has 1 saturated carbocycles. The SMILES string of the molecule is [B]C1(c2nnc(C)s2)CCCCCCCCC1. The highest BCUT2D eigenvalue weighted by Crippen LogP contribution is 2.35. The molecule has 0 unspecified atom stereocenters. The molecular weight excluding hydrogens is 227 g/mol. The minimum Gasteiger partial charge on any atom is -0.144 e. The van der Waals surface area contributed by atoms with Gasteiger partial charge >= 0.3 is 0 Å². The molecule has 0 amide bonds. The molecule has 1 aliphatic carbocycles.